The normalized spacial score (nSPS) is 14.5. The van der Waals surface area contributed by atoms with Crippen LogP contribution in [0.15, 0.2) is 35.9 Å². The number of carbonyl (C=O) groups excluding carboxylic acids is 1. The van der Waals surface area contributed by atoms with Crippen LogP contribution in [0, 0.1) is 25.2 Å². The van der Waals surface area contributed by atoms with Gasteiger partial charge in [0.15, 0.2) is 0 Å². The molecule has 1 aromatic carbocycles. The van der Waals surface area contributed by atoms with Crippen LogP contribution in [0.5, 0.6) is 0 Å². The van der Waals surface area contributed by atoms with Gasteiger partial charge in [-0.05, 0) is 69.7 Å². The first kappa shape index (κ1) is 21.7. The van der Waals surface area contributed by atoms with E-state index in [4.69, 9.17) is 4.74 Å². The molecule has 6 nitrogen and oxygen atoms in total. The molecule has 2 aromatic rings. The van der Waals surface area contributed by atoms with Crippen molar-refractivity contribution in [3.63, 3.8) is 0 Å². The number of rotatable bonds is 6. The van der Waals surface area contributed by atoms with Crippen molar-refractivity contribution in [3.8, 4) is 11.8 Å². The summed E-state index contributed by atoms with van der Waals surface area (Å²) < 4.78 is 7.59. The van der Waals surface area contributed by atoms with E-state index < -0.39 is 0 Å². The Kier molecular flexibility index (Phi) is 6.96. The van der Waals surface area contributed by atoms with E-state index in [0.29, 0.717) is 13.1 Å². The predicted molar refractivity (Wildman–Crippen MR) is 120 cm³/mol. The van der Waals surface area contributed by atoms with Crippen LogP contribution in [0.2, 0.25) is 0 Å². The largest absolute Gasteiger partial charge is 0.378 e. The first-order valence-electron chi connectivity index (χ1n) is 10.5. The lowest BCUT2D eigenvalue weighted by Gasteiger charge is -2.29. The number of nitriles is 1. The third-order valence-corrected chi connectivity index (χ3v) is 5.66. The average molecular weight is 407 g/mol. The first-order chi connectivity index (χ1) is 14.5. The zero-order valence-corrected chi connectivity index (χ0v) is 18.3. The quantitative estimate of drug-likeness (QED) is 0.542. The Labute approximate surface area is 179 Å². The molecule has 0 atom stereocenters. The molecule has 3 rings (SSSR count). The minimum atomic E-state index is -0.220. The van der Waals surface area contributed by atoms with E-state index in [2.05, 4.69) is 39.8 Å². The highest BCUT2D eigenvalue weighted by molar-refractivity contribution is 6.01. The van der Waals surface area contributed by atoms with Gasteiger partial charge in [-0.3, -0.25) is 4.79 Å². The molecule has 1 fully saturated rings. The Balaban J connectivity index is 1.90. The SMILES string of the molecule is CCN(CC)C(=O)/C(C#N)=C\c1cc(C)n(-c2ccc(N3CCOCC3)cc2)c1C. The number of aromatic nitrogens is 1. The van der Waals surface area contributed by atoms with Gasteiger partial charge in [0.2, 0.25) is 0 Å². The number of amides is 1. The van der Waals surface area contributed by atoms with Gasteiger partial charge in [-0.25, -0.2) is 0 Å². The number of nitrogens with zero attached hydrogens (tertiary/aromatic N) is 4. The van der Waals surface area contributed by atoms with E-state index in [1.54, 1.807) is 11.0 Å². The monoisotopic (exact) mass is 406 g/mol. The summed E-state index contributed by atoms with van der Waals surface area (Å²) in [4.78, 5) is 16.6. The molecule has 0 N–H and O–H groups in total. The topological polar surface area (TPSA) is 61.5 Å². The van der Waals surface area contributed by atoms with Gasteiger partial charge in [-0.15, -0.1) is 0 Å². The molecular formula is C24H30N4O2. The van der Waals surface area contributed by atoms with Gasteiger partial charge >= 0.3 is 0 Å². The lowest BCUT2D eigenvalue weighted by Crippen LogP contribution is -2.36. The number of carbonyl (C=O) groups is 1. The molecule has 6 heteroatoms. The molecule has 1 aliphatic heterocycles. The van der Waals surface area contributed by atoms with E-state index in [-0.39, 0.29) is 11.5 Å². The second-order valence-corrected chi connectivity index (χ2v) is 7.42. The van der Waals surface area contributed by atoms with Gasteiger partial charge < -0.3 is 19.1 Å². The molecule has 0 unspecified atom stereocenters. The fraction of sp³-hybridized carbons (Fsp3) is 0.417. The van der Waals surface area contributed by atoms with Crippen LogP contribution in [-0.2, 0) is 9.53 Å². The Morgan fingerprint density at radius 2 is 1.73 bits per heavy atom. The van der Waals surface area contributed by atoms with Crippen LogP contribution >= 0.6 is 0 Å². The van der Waals surface area contributed by atoms with Crippen LogP contribution in [0.25, 0.3) is 11.8 Å². The van der Waals surface area contributed by atoms with E-state index in [1.165, 1.54) is 5.69 Å². The summed E-state index contributed by atoms with van der Waals surface area (Å²) in [6.07, 6.45) is 1.71. The number of morpholine rings is 1. The van der Waals surface area contributed by atoms with Crippen LogP contribution in [-0.4, -0.2) is 54.8 Å². The number of ether oxygens (including phenoxy) is 1. The molecule has 158 valence electrons. The summed E-state index contributed by atoms with van der Waals surface area (Å²) in [7, 11) is 0. The molecule has 0 aliphatic carbocycles. The van der Waals surface area contributed by atoms with Gasteiger partial charge in [-0.2, -0.15) is 5.26 Å². The smallest absolute Gasteiger partial charge is 0.264 e. The third kappa shape index (κ3) is 4.42. The highest BCUT2D eigenvalue weighted by Crippen LogP contribution is 2.25. The number of hydrogen-bond acceptors (Lipinski definition) is 4. The summed E-state index contributed by atoms with van der Waals surface area (Å²) in [5.41, 5.74) is 5.39. The zero-order valence-electron chi connectivity index (χ0n) is 18.3. The summed E-state index contributed by atoms with van der Waals surface area (Å²) in [6, 6.07) is 12.6. The number of aryl methyl sites for hydroxylation is 1. The second-order valence-electron chi connectivity index (χ2n) is 7.42. The van der Waals surface area contributed by atoms with Crippen molar-refractivity contribution >= 4 is 17.7 Å². The fourth-order valence-corrected chi connectivity index (χ4v) is 3.94. The van der Waals surface area contributed by atoms with Crippen LogP contribution < -0.4 is 4.90 Å². The third-order valence-electron chi connectivity index (χ3n) is 5.66. The highest BCUT2D eigenvalue weighted by atomic mass is 16.5. The molecule has 1 saturated heterocycles. The lowest BCUT2D eigenvalue weighted by molar-refractivity contribution is -0.126. The van der Waals surface area contributed by atoms with Crippen molar-refractivity contribution in [1.82, 2.24) is 9.47 Å². The van der Waals surface area contributed by atoms with Crippen LogP contribution in [0.1, 0.15) is 30.8 Å². The fourth-order valence-electron chi connectivity index (χ4n) is 3.94. The van der Waals surface area contributed by atoms with Crippen molar-refractivity contribution in [2.45, 2.75) is 27.7 Å². The minimum absolute atomic E-state index is 0.168. The summed E-state index contributed by atoms with van der Waals surface area (Å²) in [6.45, 7) is 12.4. The van der Waals surface area contributed by atoms with Crippen molar-refractivity contribution in [1.29, 1.82) is 5.26 Å². The maximum absolute atomic E-state index is 12.6. The Hall–Kier alpha value is -3.04. The van der Waals surface area contributed by atoms with Crippen molar-refractivity contribution in [2.75, 3.05) is 44.3 Å². The summed E-state index contributed by atoms with van der Waals surface area (Å²) in [5.74, 6) is -0.220. The molecule has 30 heavy (non-hydrogen) atoms. The number of hydrogen-bond donors (Lipinski definition) is 0. The minimum Gasteiger partial charge on any atom is -0.378 e. The van der Waals surface area contributed by atoms with Gasteiger partial charge in [0, 0.05) is 48.9 Å². The molecule has 1 aromatic heterocycles. The Morgan fingerprint density at radius 3 is 2.30 bits per heavy atom. The number of likely N-dealkylation sites (N-methyl/N-ethyl adjacent to an activating group) is 1. The van der Waals surface area contributed by atoms with Crippen molar-refractivity contribution < 1.29 is 9.53 Å². The molecular weight excluding hydrogens is 376 g/mol. The van der Waals surface area contributed by atoms with Gasteiger partial charge in [-0.1, -0.05) is 0 Å². The van der Waals surface area contributed by atoms with E-state index in [9.17, 15) is 10.1 Å². The van der Waals surface area contributed by atoms with E-state index in [1.807, 2.05) is 33.8 Å². The molecule has 2 heterocycles. The zero-order chi connectivity index (χ0) is 21.7. The van der Waals surface area contributed by atoms with E-state index >= 15 is 0 Å². The van der Waals surface area contributed by atoms with Crippen LogP contribution in [0.4, 0.5) is 5.69 Å². The maximum Gasteiger partial charge on any atom is 0.264 e. The highest BCUT2D eigenvalue weighted by Gasteiger charge is 2.18. The van der Waals surface area contributed by atoms with Crippen LogP contribution in [0.3, 0.4) is 0 Å². The first-order valence-corrected chi connectivity index (χ1v) is 10.5. The Bertz CT molecular complexity index is 956. The molecule has 1 amide bonds. The number of anilines is 1. The van der Waals surface area contributed by atoms with Crippen molar-refractivity contribution in [2.24, 2.45) is 0 Å². The maximum atomic E-state index is 12.6. The molecule has 0 spiro atoms. The second kappa shape index (κ2) is 9.64. The molecule has 0 saturated carbocycles. The van der Waals surface area contributed by atoms with Gasteiger partial charge in [0.05, 0.1) is 13.2 Å². The molecule has 1 aliphatic rings. The number of benzene rings is 1. The summed E-state index contributed by atoms with van der Waals surface area (Å²) >= 11 is 0. The van der Waals surface area contributed by atoms with Gasteiger partial charge in [0.1, 0.15) is 11.6 Å². The summed E-state index contributed by atoms with van der Waals surface area (Å²) in [5, 5.41) is 9.55. The standard InChI is InChI=1S/C24H30N4O2/c1-5-26(6-2)24(29)21(17-25)16-20-15-18(3)28(19(20)4)23-9-7-22(8-10-23)27-11-13-30-14-12-27/h7-10,15-16H,5-6,11-14H2,1-4H3/b21-16-. The van der Waals surface area contributed by atoms with E-state index in [0.717, 1.165) is 48.9 Å². The Morgan fingerprint density at radius 1 is 1.13 bits per heavy atom. The molecule has 0 radical (unpaired) electrons. The van der Waals surface area contributed by atoms with Gasteiger partial charge in [0.25, 0.3) is 5.91 Å². The average Bonchev–Trinajstić information content (AvgIpc) is 3.06. The lowest BCUT2D eigenvalue weighted by atomic mass is 10.1. The van der Waals surface area contributed by atoms with Crippen molar-refractivity contribution in [3.05, 3.63) is 52.9 Å². The molecule has 0 bridgehead atoms. The predicted octanol–water partition coefficient (Wildman–Crippen LogP) is 3.71.